The second-order valence-electron chi connectivity index (χ2n) is 8.45. The zero-order chi connectivity index (χ0) is 24.1. The molecule has 3 atom stereocenters. The van der Waals surface area contributed by atoms with E-state index in [-0.39, 0.29) is 29.4 Å². The smallest absolute Gasteiger partial charge is 0.273 e. The van der Waals surface area contributed by atoms with E-state index >= 15 is 0 Å². The van der Waals surface area contributed by atoms with Crippen LogP contribution >= 0.6 is 0 Å². The number of Topliss-reactive ketones (excluding diaryl/α,β-unsaturated/α-hetero) is 1. The quantitative estimate of drug-likeness (QED) is 0.305. The summed E-state index contributed by atoms with van der Waals surface area (Å²) >= 11 is 0. The predicted octanol–water partition coefficient (Wildman–Crippen LogP) is 4.08. The van der Waals surface area contributed by atoms with Gasteiger partial charge in [0.2, 0.25) is 0 Å². The van der Waals surface area contributed by atoms with Crippen LogP contribution in [0, 0.1) is 17.2 Å². The maximum Gasteiger partial charge on any atom is 0.273 e. The monoisotopic (exact) mass is 460 g/mol. The van der Waals surface area contributed by atoms with E-state index < -0.39 is 32.9 Å². The maximum absolute atomic E-state index is 13.6. The summed E-state index contributed by atoms with van der Waals surface area (Å²) in [5.74, 6) is -0.533. The van der Waals surface area contributed by atoms with Crippen LogP contribution in [0.2, 0.25) is 0 Å². The Balaban J connectivity index is 2.72. The predicted molar refractivity (Wildman–Crippen MR) is 127 cm³/mol. The lowest BCUT2D eigenvalue weighted by Gasteiger charge is -2.31. The van der Waals surface area contributed by atoms with Gasteiger partial charge in [-0.05, 0) is 44.1 Å². The molecule has 0 spiro atoms. The molecular weight excluding hydrogens is 428 g/mol. The van der Waals surface area contributed by atoms with Crippen LogP contribution in [0.25, 0.3) is 0 Å². The summed E-state index contributed by atoms with van der Waals surface area (Å²) in [7, 11) is -4.67. The van der Waals surface area contributed by atoms with Crippen molar-refractivity contribution in [3.8, 4) is 0 Å². The van der Waals surface area contributed by atoms with Gasteiger partial charge in [0.25, 0.3) is 10.1 Å². The molecule has 0 aromatic heterocycles. The molecule has 174 valence electrons. The van der Waals surface area contributed by atoms with Crippen molar-refractivity contribution < 1.29 is 22.6 Å². The molecule has 2 aliphatic carbocycles. The second-order valence-corrected chi connectivity index (χ2v) is 10.1. The molecule has 0 heterocycles. The Morgan fingerprint density at radius 3 is 2.59 bits per heavy atom. The van der Waals surface area contributed by atoms with Gasteiger partial charge in [0, 0.05) is 16.9 Å². The summed E-state index contributed by atoms with van der Waals surface area (Å²) in [6, 6.07) is -0.942. The molecule has 0 aromatic carbocycles. The molecule has 0 saturated carbocycles. The summed E-state index contributed by atoms with van der Waals surface area (Å²) in [6.45, 7) is 7.75. The zero-order valence-electron chi connectivity index (χ0n) is 19.0. The zero-order valence-corrected chi connectivity index (χ0v) is 19.9. The van der Waals surface area contributed by atoms with Gasteiger partial charge in [0.15, 0.2) is 5.78 Å². The third-order valence-corrected chi connectivity index (χ3v) is 6.99. The molecule has 32 heavy (non-hydrogen) atoms. The molecule has 2 N–H and O–H groups in total. The fraction of sp³-hybridized carbons (Fsp3) is 0.500. The molecule has 2 rings (SSSR count). The van der Waals surface area contributed by atoms with Gasteiger partial charge in [-0.2, -0.15) is 8.42 Å². The Kier molecular flexibility index (Phi) is 8.81. The van der Waals surface area contributed by atoms with Crippen molar-refractivity contribution in [2.24, 2.45) is 16.8 Å². The molecule has 0 fully saturated rings. The molecule has 2 aliphatic rings. The van der Waals surface area contributed by atoms with Gasteiger partial charge in [-0.3, -0.25) is 19.1 Å². The van der Waals surface area contributed by atoms with Gasteiger partial charge in [0.1, 0.15) is 11.5 Å². The van der Waals surface area contributed by atoms with E-state index in [0.29, 0.717) is 30.4 Å². The minimum absolute atomic E-state index is 0.00374. The molecule has 0 radical (unpaired) electrons. The number of rotatable bonds is 9. The number of aliphatic imine (C=N–C) groups is 1. The highest BCUT2D eigenvalue weighted by Crippen LogP contribution is 2.35. The van der Waals surface area contributed by atoms with Crippen molar-refractivity contribution in [1.29, 1.82) is 5.41 Å². The molecule has 0 amide bonds. The van der Waals surface area contributed by atoms with E-state index in [4.69, 9.17) is 5.41 Å². The third-order valence-electron chi connectivity index (χ3n) is 5.85. The Morgan fingerprint density at radius 1 is 1.38 bits per heavy atom. The summed E-state index contributed by atoms with van der Waals surface area (Å²) in [4.78, 5) is 30.3. The minimum Gasteiger partial charge on any atom is -0.303 e. The van der Waals surface area contributed by atoms with Gasteiger partial charge in [-0.15, -0.1) is 0 Å². The van der Waals surface area contributed by atoms with E-state index in [1.54, 1.807) is 24.3 Å². The van der Waals surface area contributed by atoms with Crippen molar-refractivity contribution in [2.45, 2.75) is 64.7 Å². The van der Waals surface area contributed by atoms with Crippen LogP contribution in [0.5, 0.6) is 0 Å². The number of ketones is 1. The van der Waals surface area contributed by atoms with E-state index in [1.807, 2.05) is 33.8 Å². The van der Waals surface area contributed by atoms with Crippen LogP contribution in [-0.4, -0.2) is 47.8 Å². The normalized spacial score (nSPS) is 24.9. The Hall–Kier alpha value is -2.45. The lowest BCUT2D eigenvalue weighted by Crippen LogP contribution is -2.43. The van der Waals surface area contributed by atoms with Crippen molar-refractivity contribution in [3.63, 3.8) is 0 Å². The lowest BCUT2D eigenvalue weighted by atomic mass is 9.75. The summed E-state index contributed by atoms with van der Waals surface area (Å²) in [5, 5.41) is 6.84. The van der Waals surface area contributed by atoms with Crippen molar-refractivity contribution in [1.82, 2.24) is 0 Å². The van der Waals surface area contributed by atoms with Crippen molar-refractivity contribution in [3.05, 3.63) is 47.1 Å². The van der Waals surface area contributed by atoms with Crippen LogP contribution in [-0.2, 0) is 19.7 Å². The minimum atomic E-state index is -4.67. The van der Waals surface area contributed by atoms with Crippen LogP contribution in [0.1, 0.15) is 53.4 Å². The first-order valence-corrected chi connectivity index (χ1v) is 12.4. The number of hydrogen-bond donors (Lipinski definition) is 2. The van der Waals surface area contributed by atoms with Crippen molar-refractivity contribution >= 4 is 33.6 Å². The van der Waals surface area contributed by atoms with Gasteiger partial charge in [-0.1, -0.05) is 51.5 Å². The highest BCUT2D eigenvalue weighted by atomic mass is 32.2. The fourth-order valence-electron chi connectivity index (χ4n) is 4.22. The molecule has 7 nitrogen and oxygen atoms in total. The number of allylic oxidation sites excluding steroid dienone is 7. The second kappa shape index (κ2) is 10.9. The number of nitrogens with one attached hydrogen (secondary N) is 1. The molecule has 8 heteroatoms. The molecule has 0 bridgehead atoms. The first-order chi connectivity index (χ1) is 15.1. The average molecular weight is 461 g/mol. The number of aldehydes is 1. The first-order valence-electron chi connectivity index (χ1n) is 10.9. The Labute approximate surface area is 190 Å². The maximum atomic E-state index is 13.6. The number of nitrogens with zero attached hydrogens (tertiary/aromatic N) is 1. The Bertz CT molecular complexity index is 1030. The van der Waals surface area contributed by atoms with Gasteiger partial charge >= 0.3 is 0 Å². The SMILES string of the molecule is C/C=C\C(CCC)=NC1CC(S(=O)(=O)O)C(=N)C(C(=O)C2=CC=CCC2C(C)C)=C1C=O. The topological polar surface area (TPSA) is 125 Å². The fourth-order valence-corrected chi connectivity index (χ4v) is 5.06. The van der Waals surface area contributed by atoms with Crippen LogP contribution in [0.3, 0.4) is 0 Å². The number of hydrogen-bond acceptors (Lipinski definition) is 6. The molecular formula is C24H32N2O5S. The summed E-state index contributed by atoms with van der Waals surface area (Å²) < 4.78 is 34.0. The van der Waals surface area contributed by atoms with Crippen LogP contribution in [0.4, 0.5) is 0 Å². The summed E-state index contributed by atoms with van der Waals surface area (Å²) in [6.07, 6.45) is 11.2. The molecule has 0 aromatic rings. The standard InChI is InChI=1S/C24H32N2O5S/c1-5-9-16(10-6-2)26-20-13-21(32(29,30)31)23(25)22(19(20)14-27)24(28)18-12-8-7-11-17(18)15(3)4/h5,7-9,12,14-15,17,20-21,25H,6,10-11,13H2,1-4H3,(H,29,30,31)/b9-5-,25-23?,26-16?. The number of carbonyl (C=O) groups is 2. The highest BCUT2D eigenvalue weighted by Gasteiger charge is 2.43. The van der Waals surface area contributed by atoms with Gasteiger partial charge in [0.05, 0.1) is 17.3 Å². The Morgan fingerprint density at radius 2 is 2.06 bits per heavy atom. The van der Waals surface area contributed by atoms with E-state index in [9.17, 15) is 22.6 Å². The average Bonchev–Trinajstić information content (AvgIpc) is 2.73. The molecule has 0 saturated heterocycles. The third kappa shape index (κ3) is 5.66. The van der Waals surface area contributed by atoms with E-state index in [2.05, 4.69) is 4.99 Å². The summed E-state index contributed by atoms with van der Waals surface area (Å²) in [5.41, 5.74) is 0.283. The molecule has 0 aliphatic heterocycles. The van der Waals surface area contributed by atoms with Crippen molar-refractivity contribution in [2.75, 3.05) is 0 Å². The number of carbonyl (C=O) groups excluding carboxylic acids is 2. The molecule has 3 unspecified atom stereocenters. The largest absolute Gasteiger partial charge is 0.303 e. The van der Waals surface area contributed by atoms with E-state index in [0.717, 1.165) is 6.42 Å². The van der Waals surface area contributed by atoms with Crippen LogP contribution in [0.15, 0.2) is 52.1 Å². The lowest BCUT2D eigenvalue weighted by molar-refractivity contribution is -0.113. The first kappa shape index (κ1) is 25.8. The van der Waals surface area contributed by atoms with Crippen LogP contribution < -0.4 is 0 Å². The highest BCUT2D eigenvalue weighted by molar-refractivity contribution is 7.87. The van der Waals surface area contributed by atoms with E-state index in [1.165, 1.54) is 0 Å². The van der Waals surface area contributed by atoms with Gasteiger partial charge in [-0.25, -0.2) is 0 Å². The van der Waals surface area contributed by atoms with Gasteiger partial charge < -0.3 is 5.41 Å².